The Morgan fingerprint density at radius 2 is 2.22 bits per heavy atom. The van der Waals surface area contributed by atoms with Crippen molar-refractivity contribution in [3.8, 4) is 0 Å². The summed E-state index contributed by atoms with van der Waals surface area (Å²) in [5.41, 5.74) is 0.299. The van der Waals surface area contributed by atoms with Gasteiger partial charge in [-0.2, -0.15) is 0 Å². The van der Waals surface area contributed by atoms with Crippen LogP contribution in [-0.4, -0.2) is 44.7 Å². The topological polar surface area (TPSA) is 67.3 Å². The number of carbonyl (C=O) groups is 1. The molecule has 2 heterocycles. The minimum atomic E-state index is -3.37. The highest BCUT2D eigenvalue weighted by atomic mass is 32.2. The molecule has 1 saturated heterocycles. The number of rotatable bonds is 4. The van der Waals surface area contributed by atoms with E-state index in [9.17, 15) is 17.6 Å². The molecule has 0 spiro atoms. The molecule has 0 unspecified atom stereocenters. The third-order valence-corrected chi connectivity index (χ3v) is 5.81. The molecule has 0 bridgehead atoms. The summed E-state index contributed by atoms with van der Waals surface area (Å²) < 4.78 is 36.4. The Balaban J connectivity index is 1.85. The number of aromatic nitrogens is 1. The summed E-state index contributed by atoms with van der Waals surface area (Å²) in [6.45, 7) is 0.885. The van der Waals surface area contributed by atoms with E-state index in [1.807, 2.05) is 4.90 Å². The number of halogens is 1. The van der Waals surface area contributed by atoms with Gasteiger partial charge in [0.2, 0.25) is 5.78 Å². The number of carbonyl (C=O) groups excluding carboxylic acids is 1. The molecule has 0 saturated carbocycles. The molecule has 0 amide bonds. The minimum Gasteiger partial charge on any atom is -0.345 e. The molecule has 1 aliphatic heterocycles. The van der Waals surface area contributed by atoms with Crippen LogP contribution in [0.4, 0.5) is 9.52 Å². The molecule has 1 aromatic heterocycles. The highest BCUT2D eigenvalue weighted by Crippen LogP contribution is 2.28. The summed E-state index contributed by atoms with van der Waals surface area (Å²) in [6, 6.07) is 5.93. The average molecular weight is 354 g/mol. The summed E-state index contributed by atoms with van der Waals surface area (Å²) >= 11 is 1.20. The molecule has 5 nitrogen and oxygen atoms in total. The molecule has 8 heteroatoms. The number of hydrogen-bond acceptors (Lipinski definition) is 6. The highest BCUT2D eigenvalue weighted by molar-refractivity contribution is 7.90. The molecule has 1 aliphatic rings. The number of anilines is 1. The fourth-order valence-corrected chi connectivity index (χ4v) is 4.00. The Bertz CT molecular complexity index is 848. The number of nitrogens with zero attached hydrogens (tertiary/aromatic N) is 2. The van der Waals surface area contributed by atoms with Crippen LogP contribution in [-0.2, 0) is 9.84 Å². The molecule has 0 radical (unpaired) electrons. The van der Waals surface area contributed by atoms with Crippen molar-refractivity contribution < 1.29 is 17.6 Å². The van der Waals surface area contributed by atoms with Gasteiger partial charge in [-0.25, -0.2) is 17.8 Å². The van der Waals surface area contributed by atoms with Crippen LogP contribution in [0.2, 0.25) is 0 Å². The Labute approximate surface area is 137 Å². The predicted octanol–water partition coefficient (Wildman–Crippen LogP) is 2.33. The van der Waals surface area contributed by atoms with Crippen molar-refractivity contribution in [3.63, 3.8) is 0 Å². The highest BCUT2D eigenvalue weighted by Gasteiger charge is 2.25. The van der Waals surface area contributed by atoms with E-state index in [-0.39, 0.29) is 10.7 Å². The van der Waals surface area contributed by atoms with E-state index in [1.54, 1.807) is 12.1 Å². The molecule has 1 fully saturated rings. The summed E-state index contributed by atoms with van der Waals surface area (Å²) in [4.78, 5) is 19.0. The smallest absolute Gasteiger partial charge is 0.204 e. The number of hydrogen-bond donors (Lipinski definition) is 0. The van der Waals surface area contributed by atoms with Crippen molar-refractivity contribution in [2.24, 2.45) is 0 Å². The lowest BCUT2D eigenvalue weighted by Gasteiger charge is -2.12. The zero-order valence-electron chi connectivity index (χ0n) is 12.4. The van der Waals surface area contributed by atoms with E-state index in [4.69, 9.17) is 0 Å². The number of sulfone groups is 1. The molecule has 0 N–H and O–H groups in total. The molecule has 2 aromatic rings. The van der Waals surface area contributed by atoms with Gasteiger partial charge in [0.15, 0.2) is 15.0 Å². The molecule has 1 atom stereocenters. The van der Waals surface area contributed by atoms with Crippen LogP contribution in [0.25, 0.3) is 0 Å². The minimum absolute atomic E-state index is 0.105. The predicted molar refractivity (Wildman–Crippen MR) is 86.8 cm³/mol. The van der Waals surface area contributed by atoms with Gasteiger partial charge in [-0.05, 0) is 18.6 Å². The quantitative estimate of drug-likeness (QED) is 0.789. The third kappa shape index (κ3) is 3.42. The largest absolute Gasteiger partial charge is 0.345 e. The van der Waals surface area contributed by atoms with Crippen LogP contribution >= 0.6 is 11.3 Å². The standard InChI is InChI=1S/C15H15FN2O3S2/c1-23(20,21)12-4-2-3-10(7-12)14(19)13-8-17-15(22-13)18-6-5-11(16)9-18/h2-4,7-8,11H,5-6,9H2,1H3/t11-/m1/s1. The number of alkyl halides is 1. The third-order valence-electron chi connectivity index (χ3n) is 3.64. The summed E-state index contributed by atoms with van der Waals surface area (Å²) in [6.07, 6.45) is 2.17. The molecule has 23 heavy (non-hydrogen) atoms. The maximum Gasteiger partial charge on any atom is 0.204 e. The van der Waals surface area contributed by atoms with Crippen LogP contribution in [0.1, 0.15) is 21.7 Å². The van der Waals surface area contributed by atoms with Gasteiger partial charge in [0.1, 0.15) is 6.17 Å². The van der Waals surface area contributed by atoms with Gasteiger partial charge in [-0.1, -0.05) is 23.5 Å². The van der Waals surface area contributed by atoms with E-state index < -0.39 is 16.0 Å². The Kier molecular flexibility index (Phi) is 4.20. The first-order chi connectivity index (χ1) is 10.8. The second-order valence-electron chi connectivity index (χ2n) is 5.47. The van der Waals surface area contributed by atoms with Crippen LogP contribution in [0.5, 0.6) is 0 Å². The van der Waals surface area contributed by atoms with Crippen molar-refractivity contribution >= 4 is 32.1 Å². The lowest BCUT2D eigenvalue weighted by Crippen LogP contribution is -2.19. The SMILES string of the molecule is CS(=O)(=O)c1cccc(C(=O)c2cnc(N3CC[C@@H](F)C3)s2)c1. The van der Waals surface area contributed by atoms with Crippen molar-refractivity contribution in [1.82, 2.24) is 4.98 Å². The van der Waals surface area contributed by atoms with E-state index in [0.717, 1.165) is 6.26 Å². The molecule has 122 valence electrons. The first-order valence-electron chi connectivity index (χ1n) is 7.04. The summed E-state index contributed by atoms with van der Waals surface area (Å²) in [5.74, 6) is -0.282. The fourth-order valence-electron chi connectivity index (χ4n) is 2.42. The molecular formula is C15H15FN2O3S2. The van der Waals surface area contributed by atoms with E-state index >= 15 is 0 Å². The van der Waals surface area contributed by atoms with Gasteiger partial charge in [0.05, 0.1) is 22.5 Å². The second kappa shape index (κ2) is 6.01. The Hall–Kier alpha value is -1.80. The van der Waals surface area contributed by atoms with Gasteiger partial charge in [0, 0.05) is 18.4 Å². The van der Waals surface area contributed by atoms with Gasteiger partial charge in [-0.15, -0.1) is 0 Å². The van der Waals surface area contributed by atoms with E-state index in [1.165, 1.54) is 29.7 Å². The monoisotopic (exact) mass is 354 g/mol. The van der Waals surface area contributed by atoms with Gasteiger partial charge in [-0.3, -0.25) is 4.79 Å². The zero-order valence-corrected chi connectivity index (χ0v) is 14.0. The van der Waals surface area contributed by atoms with Crippen LogP contribution in [0.15, 0.2) is 35.4 Å². The lowest BCUT2D eigenvalue weighted by molar-refractivity contribution is 0.104. The van der Waals surface area contributed by atoms with E-state index in [0.29, 0.717) is 35.1 Å². The van der Waals surface area contributed by atoms with Crippen LogP contribution in [0, 0.1) is 0 Å². The maximum absolute atomic E-state index is 13.3. The zero-order chi connectivity index (χ0) is 16.6. The van der Waals surface area contributed by atoms with Crippen LogP contribution in [0.3, 0.4) is 0 Å². The van der Waals surface area contributed by atoms with Crippen molar-refractivity contribution in [3.05, 3.63) is 40.9 Å². The van der Waals surface area contributed by atoms with Crippen molar-refractivity contribution in [2.45, 2.75) is 17.5 Å². The summed E-state index contributed by atoms with van der Waals surface area (Å²) in [7, 11) is -3.37. The number of ketones is 1. The first-order valence-corrected chi connectivity index (χ1v) is 9.75. The summed E-state index contributed by atoms with van der Waals surface area (Å²) in [5, 5.41) is 0.618. The fraction of sp³-hybridized carbons (Fsp3) is 0.333. The first kappa shape index (κ1) is 16.1. The lowest BCUT2D eigenvalue weighted by atomic mass is 10.1. The molecule has 1 aromatic carbocycles. The Morgan fingerprint density at radius 1 is 1.43 bits per heavy atom. The van der Waals surface area contributed by atoms with Crippen molar-refractivity contribution in [2.75, 3.05) is 24.2 Å². The molecular weight excluding hydrogens is 339 g/mol. The number of thiazole rings is 1. The molecule has 0 aliphatic carbocycles. The molecule has 3 rings (SSSR count). The van der Waals surface area contributed by atoms with Gasteiger partial charge >= 0.3 is 0 Å². The maximum atomic E-state index is 13.3. The Morgan fingerprint density at radius 3 is 2.87 bits per heavy atom. The second-order valence-corrected chi connectivity index (χ2v) is 8.49. The average Bonchev–Trinajstić information content (AvgIpc) is 3.14. The van der Waals surface area contributed by atoms with Crippen molar-refractivity contribution in [1.29, 1.82) is 0 Å². The van der Waals surface area contributed by atoms with Gasteiger partial charge < -0.3 is 4.90 Å². The van der Waals surface area contributed by atoms with E-state index in [2.05, 4.69) is 4.98 Å². The van der Waals surface area contributed by atoms with Gasteiger partial charge in [0.25, 0.3) is 0 Å². The van der Waals surface area contributed by atoms with Crippen LogP contribution < -0.4 is 4.90 Å². The normalized spacial score (nSPS) is 18.3. The number of benzene rings is 1.